The zero-order valence-corrected chi connectivity index (χ0v) is 13.1. The highest BCUT2D eigenvalue weighted by Crippen LogP contribution is 2.29. The predicted octanol–water partition coefficient (Wildman–Crippen LogP) is 1.84. The zero-order chi connectivity index (χ0) is 16.5. The monoisotopic (exact) mass is 313 g/mol. The molecule has 0 N–H and O–H groups in total. The molecular weight excluding hydrogens is 294 g/mol. The van der Waals surface area contributed by atoms with Crippen molar-refractivity contribution in [3.8, 4) is 23.6 Å². The van der Waals surface area contributed by atoms with E-state index in [1.165, 1.54) is 6.08 Å². The minimum Gasteiger partial charge on any atom is -0.493 e. The maximum atomic E-state index is 8.83. The van der Waals surface area contributed by atoms with Gasteiger partial charge in [-0.3, -0.25) is 4.90 Å². The highest BCUT2D eigenvalue weighted by molar-refractivity contribution is 5.64. The number of morpholine rings is 1. The second-order valence-electron chi connectivity index (χ2n) is 4.99. The predicted molar refractivity (Wildman–Crippen MR) is 85.0 cm³/mol. The molecule has 1 aromatic carbocycles. The summed E-state index contributed by atoms with van der Waals surface area (Å²) in [6, 6.07) is 9.00. The summed E-state index contributed by atoms with van der Waals surface area (Å²) in [5.74, 6) is 1.23. The van der Waals surface area contributed by atoms with Gasteiger partial charge < -0.3 is 14.2 Å². The molecule has 0 amide bonds. The first-order valence-electron chi connectivity index (χ1n) is 7.39. The molecule has 120 valence electrons. The summed E-state index contributed by atoms with van der Waals surface area (Å²) in [6.45, 7) is 4.69. The lowest BCUT2D eigenvalue weighted by Crippen LogP contribution is -2.38. The van der Waals surface area contributed by atoms with Crippen LogP contribution in [0.25, 0.3) is 6.08 Å². The maximum absolute atomic E-state index is 8.83. The average molecular weight is 313 g/mol. The van der Waals surface area contributed by atoms with Gasteiger partial charge >= 0.3 is 0 Å². The summed E-state index contributed by atoms with van der Waals surface area (Å²) in [4.78, 5) is 2.28. The van der Waals surface area contributed by atoms with Crippen molar-refractivity contribution >= 4 is 6.08 Å². The van der Waals surface area contributed by atoms with Gasteiger partial charge in [0.05, 0.1) is 20.3 Å². The van der Waals surface area contributed by atoms with Crippen molar-refractivity contribution < 1.29 is 14.2 Å². The lowest BCUT2D eigenvalue weighted by Gasteiger charge is -2.26. The highest BCUT2D eigenvalue weighted by Gasteiger charge is 2.11. The van der Waals surface area contributed by atoms with Crippen LogP contribution < -0.4 is 9.47 Å². The lowest BCUT2D eigenvalue weighted by atomic mass is 10.1. The molecule has 0 atom stereocenters. The summed E-state index contributed by atoms with van der Waals surface area (Å²) in [5, 5.41) is 17.7. The molecule has 0 radical (unpaired) electrons. The van der Waals surface area contributed by atoms with E-state index in [4.69, 9.17) is 24.7 Å². The molecular formula is C17H19N3O3. The van der Waals surface area contributed by atoms with Gasteiger partial charge in [-0.05, 0) is 23.8 Å². The van der Waals surface area contributed by atoms with Gasteiger partial charge in [-0.2, -0.15) is 10.5 Å². The third-order valence-corrected chi connectivity index (χ3v) is 3.51. The van der Waals surface area contributed by atoms with E-state index in [2.05, 4.69) is 4.90 Å². The summed E-state index contributed by atoms with van der Waals surface area (Å²) < 4.78 is 16.4. The molecule has 1 aromatic rings. The number of nitriles is 2. The number of benzene rings is 1. The van der Waals surface area contributed by atoms with Crippen molar-refractivity contribution in [2.75, 3.05) is 46.6 Å². The van der Waals surface area contributed by atoms with Crippen LogP contribution in [0.3, 0.4) is 0 Å². The number of ether oxygens (including phenoxy) is 3. The minimum absolute atomic E-state index is 0.0504. The van der Waals surface area contributed by atoms with Crippen molar-refractivity contribution in [3.05, 3.63) is 29.3 Å². The van der Waals surface area contributed by atoms with Crippen LogP contribution >= 0.6 is 0 Å². The Morgan fingerprint density at radius 2 is 2.00 bits per heavy atom. The van der Waals surface area contributed by atoms with Crippen LogP contribution in [0.5, 0.6) is 11.5 Å². The molecule has 0 bridgehead atoms. The number of allylic oxidation sites excluding steroid dienone is 1. The van der Waals surface area contributed by atoms with Gasteiger partial charge in [-0.15, -0.1) is 0 Å². The average Bonchev–Trinajstić information content (AvgIpc) is 2.61. The molecule has 2 rings (SSSR count). The molecule has 0 spiro atoms. The van der Waals surface area contributed by atoms with Gasteiger partial charge in [0, 0.05) is 19.6 Å². The quantitative estimate of drug-likeness (QED) is 0.746. The van der Waals surface area contributed by atoms with Crippen molar-refractivity contribution in [1.82, 2.24) is 4.90 Å². The van der Waals surface area contributed by atoms with Crippen LogP contribution in [0.2, 0.25) is 0 Å². The van der Waals surface area contributed by atoms with E-state index in [-0.39, 0.29) is 5.57 Å². The second-order valence-corrected chi connectivity index (χ2v) is 4.99. The molecule has 0 aromatic heterocycles. The number of rotatable bonds is 6. The number of hydrogen-bond donors (Lipinski definition) is 0. The van der Waals surface area contributed by atoms with E-state index in [1.54, 1.807) is 25.3 Å². The Kier molecular flexibility index (Phi) is 6.43. The molecule has 23 heavy (non-hydrogen) atoms. The highest BCUT2D eigenvalue weighted by atomic mass is 16.5. The smallest absolute Gasteiger partial charge is 0.161 e. The van der Waals surface area contributed by atoms with E-state index < -0.39 is 0 Å². The largest absolute Gasteiger partial charge is 0.493 e. The Morgan fingerprint density at radius 1 is 1.26 bits per heavy atom. The summed E-state index contributed by atoms with van der Waals surface area (Å²) in [6.07, 6.45) is 1.52. The molecule has 1 aliphatic rings. The van der Waals surface area contributed by atoms with Crippen LogP contribution in [-0.2, 0) is 4.74 Å². The van der Waals surface area contributed by atoms with E-state index in [9.17, 15) is 0 Å². The zero-order valence-electron chi connectivity index (χ0n) is 13.1. The number of hydrogen-bond acceptors (Lipinski definition) is 6. The topological polar surface area (TPSA) is 78.5 Å². The molecule has 6 nitrogen and oxygen atoms in total. The van der Waals surface area contributed by atoms with E-state index >= 15 is 0 Å². The van der Waals surface area contributed by atoms with E-state index in [0.717, 1.165) is 38.4 Å². The normalized spacial score (nSPS) is 14.4. The number of nitrogens with zero attached hydrogens (tertiary/aromatic N) is 3. The summed E-state index contributed by atoms with van der Waals surface area (Å²) in [7, 11) is 1.58. The van der Waals surface area contributed by atoms with Gasteiger partial charge in [-0.1, -0.05) is 6.07 Å². The Labute approximate surface area is 136 Å². The Bertz CT molecular complexity index is 621. The Balaban J connectivity index is 2.02. The number of methoxy groups -OCH3 is 1. The molecule has 0 unspecified atom stereocenters. The molecule has 1 fully saturated rings. The SMILES string of the molecule is COc1ccc(C=C(C#N)C#N)cc1OCCN1CCOCC1. The summed E-state index contributed by atoms with van der Waals surface area (Å²) in [5.41, 5.74) is 0.778. The first kappa shape index (κ1) is 16.8. The van der Waals surface area contributed by atoms with Crippen LogP contribution in [0.1, 0.15) is 5.56 Å². The fraction of sp³-hybridized carbons (Fsp3) is 0.412. The van der Waals surface area contributed by atoms with Gasteiger partial charge in [0.15, 0.2) is 11.5 Å². The first-order valence-corrected chi connectivity index (χ1v) is 7.39. The fourth-order valence-electron chi connectivity index (χ4n) is 2.26. The van der Waals surface area contributed by atoms with Crippen molar-refractivity contribution in [3.63, 3.8) is 0 Å². The Morgan fingerprint density at radius 3 is 2.65 bits per heavy atom. The van der Waals surface area contributed by atoms with Crippen LogP contribution in [-0.4, -0.2) is 51.5 Å². The molecule has 1 heterocycles. The minimum atomic E-state index is 0.0504. The molecule has 0 aliphatic carbocycles. The van der Waals surface area contributed by atoms with Crippen LogP contribution in [0, 0.1) is 22.7 Å². The third-order valence-electron chi connectivity index (χ3n) is 3.51. The van der Waals surface area contributed by atoms with Crippen LogP contribution in [0.15, 0.2) is 23.8 Å². The fourth-order valence-corrected chi connectivity index (χ4v) is 2.26. The van der Waals surface area contributed by atoms with Crippen molar-refractivity contribution in [2.24, 2.45) is 0 Å². The van der Waals surface area contributed by atoms with Crippen molar-refractivity contribution in [1.29, 1.82) is 10.5 Å². The molecule has 1 saturated heterocycles. The van der Waals surface area contributed by atoms with Gasteiger partial charge in [0.25, 0.3) is 0 Å². The molecule has 0 saturated carbocycles. The van der Waals surface area contributed by atoms with Gasteiger partial charge in [0.2, 0.25) is 0 Å². The Hall–Kier alpha value is -2.54. The van der Waals surface area contributed by atoms with Gasteiger partial charge in [-0.25, -0.2) is 0 Å². The first-order chi connectivity index (χ1) is 11.3. The third kappa shape index (κ3) is 5.00. The van der Waals surface area contributed by atoms with Gasteiger partial charge in [0.1, 0.15) is 24.3 Å². The second kappa shape index (κ2) is 8.79. The molecule has 1 aliphatic heterocycles. The van der Waals surface area contributed by atoms with E-state index in [0.29, 0.717) is 18.1 Å². The maximum Gasteiger partial charge on any atom is 0.161 e. The standard InChI is InChI=1S/C17H19N3O3/c1-21-16-3-2-14(10-15(12-18)13-19)11-17(16)23-9-6-20-4-7-22-8-5-20/h2-3,10-11H,4-9H2,1H3. The van der Waals surface area contributed by atoms with E-state index in [1.807, 2.05) is 12.1 Å². The van der Waals surface area contributed by atoms with Crippen LogP contribution in [0.4, 0.5) is 0 Å². The van der Waals surface area contributed by atoms with Crippen molar-refractivity contribution in [2.45, 2.75) is 0 Å². The lowest BCUT2D eigenvalue weighted by molar-refractivity contribution is 0.0321. The molecule has 6 heteroatoms. The summed E-state index contributed by atoms with van der Waals surface area (Å²) >= 11 is 0.